The fraction of sp³-hybridized carbons (Fsp3) is 0. The van der Waals surface area contributed by atoms with Crippen LogP contribution in [0.15, 0.2) is 227 Å². The molecule has 0 unspecified atom stereocenters. The van der Waals surface area contributed by atoms with Crippen molar-refractivity contribution in [3.8, 4) is 44.8 Å². The molecule has 14 rings (SSSR count). The normalized spacial score (nSPS) is 12.1. The minimum atomic E-state index is 0.884. The average molecular weight is 817 g/mol. The summed E-state index contributed by atoms with van der Waals surface area (Å²) in [6, 6.07) is 78.6. The molecule has 0 bridgehead atoms. The van der Waals surface area contributed by atoms with Gasteiger partial charge in [0, 0.05) is 54.5 Å². The van der Waals surface area contributed by atoms with Gasteiger partial charge in [0.05, 0.1) is 22.1 Å². The van der Waals surface area contributed by atoms with E-state index in [1.807, 2.05) is 12.1 Å². The molecule has 4 aromatic heterocycles. The van der Waals surface area contributed by atoms with Gasteiger partial charge >= 0.3 is 0 Å². The fourth-order valence-corrected chi connectivity index (χ4v) is 10.3. The van der Waals surface area contributed by atoms with Crippen LogP contribution in [-0.2, 0) is 0 Å². The predicted octanol–water partition coefficient (Wildman–Crippen LogP) is 16.7. The van der Waals surface area contributed by atoms with E-state index in [1.54, 1.807) is 0 Å². The van der Waals surface area contributed by atoms with Crippen LogP contribution in [0.1, 0.15) is 0 Å². The van der Waals surface area contributed by atoms with Crippen LogP contribution in [-0.4, -0.2) is 9.13 Å². The number of rotatable bonds is 5. The van der Waals surface area contributed by atoms with E-state index in [9.17, 15) is 0 Å². The first-order valence-electron chi connectivity index (χ1n) is 21.8. The van der Waals surface area contributed by atoms with E-state index >= 15 is 0 Å². The summed E-state index contributed by atoms with van der Waals surface area (Å²) in [5, 5.41) is 9.40. The lowest BCUT2D eigenvalue weighted by Crippen LogP contribution is -1.94. The van der Waals surface area contributed by atoms with Gasteiger partial charge in [0.2, 0.25) is 0 Å². The summed E-state index contributed by atoms with van der Waals surface area (Å²) in [6.07, 6.45) is 0. The Balaban J connectivity index is 0.859. The Labute approximate surface area is 367 Å². The fourth-order valence-electron chi connectivity index (χ4n) is 10.3. The van der Waals surface area contributed by atoms with Crippen LogP contribution in [0.4, 0.5) is 0 Å². The van der Waals surface area contributed by atoms with E-state index in [0.29, 0.717) is 0 Å². The molecule has 4 nitrogen and oxygen atoms in total. The molecule has 0 spiro atoms. The maximum atomic E-state index is 6.46. The van der Waals surface area contributed by atoms with Gasteiger partial charge in [-0.05, 0) is 137 Å². The number of hydrogen-bond donors (Lipinski definition) is 0. The smallest absolute Gasteiger partial charge is 0.135 e. The summed E-state index contributed by atoms with van der Waals surface area (Å²) in [6.45, 7) is 0. The molecule has 0 amide bonds. The Morgan fingerprint density at radius 1 is 0.219 bits per heavy atom. The summed E-state index contributed by atoms with van der Waals surface area (Å²) in [5.41, 5.74) is 17.6. The van der Waals surface area contributed by atoms with Crippen LogP contribution in [0.3, 0.4) is 0 Å². The summed E-state index contributed by atoms with van der Waals surface area (Å²) in [7, 11) is 0. The predicted molar refractivity (Wildman–Crippen MR) is 266 cm³/mol. The quantitative estimate of drug-likeness (QED) is 0.173. The highest BCUT2D eigenvalue weighted by molar-refractivity contribution is 6.13. The number of aromatic nitrogens is 2. The minimum absolute atomic E-state index is 0.884. The molecule has 0 radical (unpaired) electrons. The molecule has 14 aromatic rings. The lowest BCUT2D eigenvalue weighted by Gasteiger charge is -2.11. The first-order valence-corrected chi connectivity index (χ1v) is 21.8. The van der Waals surface area contributed by atoms with Gasteiger partial charge in [-0.15, -0.1) is 0 Å². The number of benzene rings is 10. The number of nitrogens with zero attached hydrogens (tertiary/aromatic N) is 2. The summed E-state index contributed by atoms with van der Waals surface area (Å²) in [5.74, 6) is 0. The first kappa shape index (κ1) is 35.0. The summed E-state index contributed by atoms with van der Waals surface area (Å²) >= 11 is 0. The highest BCUT2D eigenvalue weighted by Gasteiger charge is 2.18. The Kier molecular flexibility index (Phi) is 7.36. The maximum Gasteiger partial charge on any atom is 0.135 e. The Morgan fingerprint density at radius 2 is 0.594 bits per heavy atom. The Hall–Kier alpha value is -8.60. The minimum Gasteiger partial charge on any atom is -0.456 e. The monoisotopic (exact) mass is 816 g/mol. The average Bonchev–Trinajstić information content (AvgIpc) is 4.11. The first-order chi connectivity index (χ1) is 31.7. The zero-order chi connectivity index (χ0) is 41.9. The molecule has 64 heavy (non-hydrogen) atoms. The SMILES string of the molecule is c1ccc(-n2c3ccccc3c3cc(-c4ccc5oc6ccc(-c7ccc8c(c7)c7ccccc7n8-c7cccc(-c8ccc9oc%10ccccc%10c9c8)c7)cc6c5c4)ccc32)cc1. The lowest BCUT2D eigenvalue weighted by molar-refractivity contribution is 0.668. The second-order valence-corrected chi connectivity index (χ2v) is 16.9. The third-order valence-electron chi connectivity index (χ3n) is 13.3. The molecular formula is C60H36N2O2. The van der Waals surface area contributed by atoms with Crippen molar-refractivity contribution in [1.82, 2.24) is 9.13 Å². The lowest BCUT2D eigenvalue weighted by atomic mass is 9.98. The van der Waals surface area contributed by atoms with Crippen molar-refractivity contribution >= 4 is 87.5 Å². The van der Waals surface area contributed by atoms with Gasteiger partial charge in [-0.1, -0.05) is 115 Å². The molecule has 0 atom stereocenters. The van der Waals surface area contributed by atoms with Crippen molar-refractivity contribution < 1.29 is 8.83 Å². The molecule has 4 heteroatoms. The zero-order valence-corrected chi connectivity index (χ0v) is 34.5. The maximum absolute atomic E-state index is 6.46. The van der Waals surface area contributed by atoms with Crippen molar-refractivity contribution in [1.29, 1.82) is 0 Å². The van der Waals surface area contributed by atoms with Gasteiger partial charge < -0.3 is 18.0 Å². The van der Waals surface area contributed by atoms with E-state index in [1.165, 1.54) is 49.2 Å². The zero-order valence-electron chi connectivity index (χ0n) is 34.5. The van der Waals surface area contributed by atoms with Crippen molar-refractivity contribution in [2.24, 2.45) is 0 Å². The van der Waals surface area contributed by atoms with Crippen molar-refractivity contribution in [2.75, 3.05) is 0 Å². The molecule has 10 aromatic carbocycles. The van der Waals surface area contributed by atoms with Crippen molar-refractivity contribution in [2.45, 2.75) is 0 Å². The number of hydrogen-bond acceptors (Lipinski definition) is 2. The van der Waals surface area contributed by atoms with Crippen LogP contribution in [0, 0.1) is 0 Å². The van der Waals surface area contributed by atoms with E-state index in [2.05, 4.69) is 215 Å². The van der Waals surface area contributed by atoms with Crippen molar-refractivity contribution in [3.63, 3.8) is 0 Å². The van der Waals surface area contributed by atoms with E-state index in [0.717, 1.165) is 83.1 Å². The summed E-state index contributed by atoms with van der Waals surface area (Å²) in [4.78, 5) is 0. The number of para-hydroxylation sites is 4. The van der Waals surface area contributed by atoms with Gasteiger partial charge in [0.15, 0.2) is 0 Å². The van der Waals surface area contributed by atoms with E-state index in [4.69, 9.17) is 8.83 Å². The van der Waals surface area contributed by atoms with Gasteiger partial charge in [-0.25, -0.2) is 0 Å². The summed E-state index contributed by atoms with van der Waals surface area (Å²) < 4.78 is 17.4. The molecule has 0 N–H and O–H groups in total. The van der Waals surface area contributed by atoms with Crippen LogP contribution >= 0.6 is 0 Å². The van der Waals surface area contributed by atoms with Gasteiger partial charge in [-0.3, -0.25) is 0 Å². The number of furan rings is 2. The topological polar surface area (TPSA) is 36.1 Å². The van der Waals surface area contributed by atoms with Gasteiger partial charge in [0.25, 0.3) is 0 Å². The molecule has 0 saturated heterocycles. The van der Waals surface area contributed by atoms with Crippen molar-refractivity contribution in [3.05, 3.63) is 218 Å². The van der Waals surface area contributed by atoms with E-state index in [-0.39, 0.29) is 0 Å². The molecule has 0 aliphatic rings. The van der Waals surface area contributed by atoms with E-state index < -0.39 is 0 Å². The molecule has 0 aliphatic carbocycles. The number of fused-ring (bicyclic) bond motifs is 12. The van der Waals surface area contributed by atoms with Crippen LogP contribution < -0.4 is 0 Å². The molecule has 4 heterocycles. The third kappa shape index (κ3) is 5.23. The molecule has 298 valence electrons. The molecule has 0 aliphatic heterocycles. The molecule has 0 saturated carbocycles. The molecular weight excluding hydrogens is 781 g/mol. The molecule has 0 fully saturated rings. The standard InChI is InChI=1S/C60H36N2O2/c1-2-12-43(13-3-1)61-53-18-7-4-15-45(53)48-32-38(21-26-55(48)61)41-24-29-59-51(35-41)52-36-42(25-30-60(52)64-59)39-22-27-56-49(33-39)46-16-5-8-19-54(46)62(56)44-14-10-11-37(31-44)40-23-28-58-50(34-40)47-17-6-9-20-57(47)63-58/h1-36H. The van der Waals surface area contributed by atoms with Crippen LogP contribution in [0.5, 0.6) is 0 Å². The highest BCUT2D eigenvalue weighted by Crippen LogP contribution is 2.41. The Bertz CT molecular complexity index is 4200. The highest BCUT2D eigenvalue weighted by atomic mass is 16.3. The third-order valence-corrected chi connectivity index (χ3v) is 13.3. The van der Waals surface area contributed by atoms with Crippen LogP contribution in [0.2, 0.25) is 0 Å². The Morgan fingerprint density at radius 3 is 1.16 bits per heavy atom. The van der Waals surface area contributed by atoms with Gasteiger partial charge in [-0.2, -0.15) is 0 Å². The largest absolute Gasteiger partial charge is 0.456 e. The second-order valence-electron chi connectivity index (χ2n) is 16.9. The van der Waals surface area contributed by atoms with Gasteiger partial charge in [0.1, 0.15) is 22.3 Å². The second kappa shape index (κ2) is 13.4. The van der Waals surface area contributed by atoms with Crippen LogP contribution in [0.25, 0.3) is 132 Å².